The zero-order chi connectivity index (χ0) is 17.5. The van der Waals surface area contributed by atoms with Crippen LogP contribution in [0.3, 0.4) is 0 Å². The number of hydrogen-bond donors (Lipinski definition) is 1. The highest BCUT2D eigenvalue weighted by Crippen LogP contribution is 2.27. The van der Waals surface area contributed by atoms with Gasteiger partial charge in [-0.2, -0.15) is 0 Å². The Hall–Kier alpha value is -1.35. The van der Waals surface area contributed by atoms with Crippen molar-refractivity contribution in [3.8, 4) is 0 Å². The fraction of sp³-hybridized carbons (Fsp3) is 0.455. The molecule has 1 aliphatic rings. The van der Waals surface area contributed by atoms with E-state index in [1.165, 1.54) is 24.0 Å². The summed E-state index contributed by atoms with van der Waals surface area (Å²) in [6.07, 6.45) is 6.06. The lowest BCUT2D eigenvalue weighted by Crippen LogP contribution is -2.45. The molecule has 0 unspecified atom stereocenters. The highest BCUT2D eigenvalue weighted by Gasteiger charge is 2.32. The van der Waals surface area contributed by atoms with E-state index in [9.17, 15) is 5.11 Å². The number of rotatable bonds is 7. The van der Waals surface area contributed by atoms with Gasteiger partial charge in [0.25, 0.3) is 0 Å². The van der Waals surface area contributed by atoms with Crippen LogP contribution in [0.25, 0.3) is 0 Å². The van der Waals surface area contributed by atoms with Crippen molar-refractivity contribution in [2.24, 2.45) is 0 Å². The Morgan fingerprint density at radius 2 is 1.56 bits per heavy atom. The second-order valence-electron chi connectivity index (χ2n) is 7.31. The first kappa shape index (κ1) is 18.4. The SMILES string of the molecule is OC1(Cc2ccc(Cl)cc2)CCN(CCCCc2ccccc2)CC1. The van der Waals surface area contributed by atoms with E-state index < -0.39 is 5.60 Å². The van der Waals surface area contributed by atoms with Crippen molar-refractivity contribution < 1.29 is 5.11 Å². The standard InChI is InChI=1S/C22H28ClNO/c23-21-11-9-20(10-12-21)18-22(25)13-16-24(17-14-22)15-5-4-8-19-6-2-1-3-7-19/h1-3,6-7,9-12,25H,4-5,8,13-18H2. The summed E-state index contributed by atoms with van der Waals surface area (Å²) in [6, 6.07) is 18.6. The predicted octanol–water partition coefficient (Wildman–Crippen LogP) is 4.73. The summed E-state index contributed by atoms with van der Waals surface area (Å²) in [4.78, 5) is 2.50. The number of likely N-dealkylation sites (tertiary alicyclic amines) is 1. The molecule has 0 spiro atoms. The molecule has 3 rings (SSSR count). The molecule has 0 amide bonds. The lowest BCUT2D eigenvalue weighted by Gasteiger charge is -2.38. The summed E-state index contributed by atoms with van der Waals surface area (Å²) in [5, 5.41) is 11.6. The number of benzene rings is 2. The first-order valence-corrected chi connectivity index (χ1v) is 9.74. The van der Waals surface area contributed by atoms with Crippen LogP contribution in [-0.2, 0) is 12.8 Å². The van der Waals surface area contributed by atoms with Gasteiger partial charge in [0.1, 0.15) is 0 Å². The molecule has 0 saturated carbocycles. The molecule has 1 fully saturated rings. The molecule has 0 aromatic heterocycles. The molecule has 2 aromatic rings. The van der Waals surface area contributed by atoms with E-state index in [2.05, 4.69) is 35.2 Å². The predicted molar refractivity (Wildman–Crippen MR) is 105 cm³/mol. The third-order valence-corrected chi connectivity index (χ3v) is 5.52. The van der Waals surface area contributed by atoms with Gasteiger partial charge in [-0.3, -0.25) is 0 Å². The topological polar surface area (TPSA) is 23.5 Å². The van der Waals surface area contributed by atoms with Crippen molar-refractivity contribution >= 4 is 11.6 Å². The van der Waals surface area contributed by atoms with Crippen molar-refractivity contribution in [3.63, 3.8) is 0 Å². The highest BCUT2D eigenvalue weighted by atomic mass is 35.5. The molecular weight excluding hydrogens is 330 g/mol. The van der Waals surface area contributed by atoms with Gasteiger partial charge in [0.05, 0.1) is 5.60 Å². The van der Waals surface area contributed by atoms with Gasteiger partial charge in [-0.1, -0.05) is 54.1 Å². The third kappa shape index (κ3) is 5.85. The average Bonchev–Trinajstić information content (AvgIpc) is 2.63. The number of piperidine rings is 1. The van der Waals surface area contributed by atoms with E-state index >= 15 is 0 Å². The summed E-state index contributed by atoms with van der Waals surface area (Å²) in [7, 11) is 0. The highest BCUT2D eigenvalue weighted by molar-refractivity contribution is 6.30. The number of halogens is 1. The van der Waals surface area contributed by atoms with Gasteiger partial charge in [0, 0.05) is 24.5 Å². The van der Waals surface area contributed by atoms with Gasteiger partial charge in [-0.15, -0.1) is 0 Å². The molecule has 1 heterocycles. The van der Waals surface area contributed by atoms with Crippen molar-refractivity contribution in [3.05, 3.63) is 70.7 Å². The Kier molecular flexibility index (Phi) is 6.52. The van der Waals surface area contributed by atoms with Crippen LogP contribution in [0.4, 0.5) is 0 Å². The van der Waals surface area contributed by atoms with Crippen LogP contribution >= 0.6 is 11.6 Å². The van der Waals surface area contributed by atoms with Gasteiger partial charge in [0.15, 0.2) is 0 Å². The van der Waals surface area contributed by atoms with E-state index in [-0.39, 0.29) is 0 Å². The van der Waals surface area contributed by atoms with Crippen molar-refractivity contribution in [1.29, 1.82) is 0 Å². The largest absolute Gasteiger partial charge is 0.389 e. The maximum Gasteiger partial charge on any atom is 0.0712 e. The minimum Gasteiger partial charge on any atom is -0.389 e. The monoisotopic (exact) mass is 357 g/mol. The van der Waals surface area contributed by atoms with Gasteiger partial charge in [-0.25, -0.2) is 0 Å². The van der Waals surface area contributed by atoms with Crippen LogP contribution in [-0.4, -0.2) is 35.2 Å². The Morgan fingerprint density at radius 1 is 0.880 bits per heavy atom. The van der Waals surface area contributed by atoms with E-state index in [1.54, 1.807) is 0 Å². The third-order valence-electron chi connectivity index (χ3n) is 5.27. The second kappa shape index (κ2) is 8.84. The van der Waals surface area contributed by atoms with Crippen LogP contribution < -0.4 is 0 Å². The molecular formula is C22H28ClNO. The summed E-state index contributed by atoms with van der Waals surface area (Å²) in [5.74, 6) is 0. The van der Waals surface area contributed by atoms with Gasteiger partial charge in [0.2, 0.25) is 0 Å². The van der Waals surface area contributed by atoms with E-state index in [1.807, 2.05) is 24.3 Å². The van der Waals surface area contributed by atoms with Crippen LogP contribution in [0.2, 0.25) is 5.02 Å². The van der Waals surface area contributed by atoms with E-state index in [4.69, 9.17) is 11.6 Å². The smallest absolute Gasteiger partial charge is 0.0712 e. The summed E-state index contributed by atoms with van der Waals surface area (Å²) in [6.45, 7) is 3.13. The Bertz CT molecular complexity index is 633. The molecule has 1 saturated heterocycles. The number of hydrogen-bond acceptors (Lipinski definition) is 2. The number of aryl methyl sites for hydroxylation is 1. The normalized spacial score (nSPS) is 17.5. The summed E-state index contributed by atoms with van der Waals surface area (Å²) < 4.78 is 0. The quantitative estimate of drug-likeness (QED) is 0.724. The molecule has 0 bridgehead atoms. The minimum absolute atomic E-state index is 0.561. The fourth-order valence-corrected chi connectivity index (χ4v) is 3.79. The first-order chi connectivity index (χ1) is 12.1. The zero-order valence-electron chi connectivity index (χ0n) is 14.8. The van der Waals surface area contributed by atoms with Crippen LogP contribution in [0.5, 0.6) is 0 Å². The van der Waals surface area contributed by atoms with Crippen molar-refractivity contribution in [1.82, 2.24) is 4.90 Å². The Labute approximate surface area is 156 Å². The summed E-state index contributed by atoms with van der Waals surface area (Å²) >= 11 is 5.94. The van der Waals surface area contributed by atoms with E-state index in [0.717, 1.165) is 50.3 Å². The Morgan fingerprint density at radius 3 is 2.24 bits per heavy atom. The molecule has 2 nitrogen and oxygen atoms in total. The van der Waals surface area contributed by atoms with Crippen molar-refractivity contribution in [2.75, 3.05) is 19.6 Å². The zero-order valence-corrected chi connectivity index (χ0v) is 15.6. The van der Waals surface area contributed by atoms with Crippen molar-refractivity contribution in [2.45, 2.75) is 44.1 Å². The average molecular weight is 358 g/mol. The Balaban J connectivity index is 1.37. The van der Waals surface area contributed by atoms with E-state index in [0.29, 0.717) is 0 Å². The lowest BCUT2D eigenvalue weighted by molar-refractivity contribution is -0.0208. The van der Waals surface area contributed by atoms with Gasteiger partial charge >= 0.3 is 0 Å². The molecule has 1 aliphatic heterocycles. The molecule has 25 heavy (non-hydrogen) atoms. The summed E-state index contributed by atoms with van der Waals surface area (Å²) in [5.41, 5.74) is 2.04. The maximum atomic E-state index is 10.9. The van der Waals surface area contributed by atoms with Crippen LogP contribution in [0.1, 0.15) is 36.8 Å². The van der Waals surface area contributed by atoms with Gasteiger partial charge < -0.3 is 10.0 Å². The molecule has 1 N–H and O–H groups in total. The molecule has 0 aliphatic carbocycles. The second-order valence-corrected chi connectivity index (χ2v) is 7.75. The molecule has 134 valence electrons. The number of aliphatic hydroxyl groups is 1. The molecule has 2 aromatic carbocycles. The number of nitrogens with zero attached hydrogens (tertiary/aromatic N) is 1. The van der Waals surface area contributed by atoms with Gasteiger partial charge in [-0.05, 0) is 61.9 Å². The minimum atomic E-state index is -0.561. The molecule has 3 heteroatoms. The first-order valence-electron chi connectivity index (χ1n) is 9.36. The molecule has 0 radical (unpaired) electrons. The fourth-order valence-electron chi connectivity index (χ4n) is 3.66. The molecule has 0 atom stereocenters. The lowest BCUT2D eigenvalue weighted by atomic mass is 9.85. The van der Waals surface area contributed by atoms with Crippen LogP contribution in [0, 0.1) is 0 Å². The van der Waals surface area contributed by atoms with Crippen LogP contribution in [0.15, 0.2) is 54.6 Å². The maximum absolute atomic E-state index is 10.9. The number of unbranched alkanes of at least 4 members (excludes halogenated alkanes) is 1.